The minimum absolute atomic E-state index is 0.208. The zero-order valence-corrected chi connectivity index (χ0v) is 12.1. The number of fused-ring (bicyclic) bond motifs is 1. The second kappa shape index (κ2) is 4.70. The Morgan fingerprint density at radius 2 is 2.29 bits per heavy atom. The van der Waals surface area contributed by atoms with Gasteiger partial charge < -0.3 is 10.4 Å². The fraction of sp³-hybridized carbons (Fsp3) is 0.500. The maximum Gasteiger partial charge on any atom is 0.274 e. The lowest BCUT2D eigenvalue weighted by Crippen LogP contribution is -2.47. The standard InChI is InChI=1S/C14H18N4O3/c1-8-6-9(10-11(16-8)18(2)17-13(10)20)12(19)15-7-14(21)4-3-5-14/h6,21H,3-5,7H2,1-2H3,(H,15,19)(H,17,20). The van der Waals surface area contributed by atoms with Gasteiger partial charge in [0.15, 0.2) is 5.65 Å². The van der Waals surface area contributed by atoms with Crippen molar-refractivity contribution in [1.82, 2.24) is 20.1 Å². The van der Waals surface area contributed by atoms with Gasteiger partial charge in [-0.3, -0.25) is 19.4 Å². The van der Waals surface area contributed by atoms with Gasteiger partial charge in [-0.25, -0.2) is 4.98 Å². The highest BCUT2D eigenvalue weighted by Gasteiger charge is 2.34. The highest BCUT2D eigenvalue weighted by atomic mass is 16.3. The lowest BCUT2D eigenvalue weighted by atomic mass is 9.80. The highest BCUT2D eigenvalue weighted by molar-refractivity contribution is 6.05. The Bertz CT molecular complexity index is 770. The van der Waals surface area contributed by atoms with Crippen LogP contribution >= 0.6 is 0 Å². The highest BCUT2D eigenvalue weighted by Crippen LogP contribution is 2.30. The molecule has 1 saturated carbocycles. The van der Waals surface area contributed by atoms with E-state index < -0.39 is 5.60 Å². The van der Waals surface area contributed by atoms with Crippen molar-refractivity contribution in [2.24, 2.45) is 7.05 Å². The van der Waals surface area contributed by atoms with Crippen molar-refractivity contribution in [3.63, 3.8) is 0 Å². The Kier molecular flexibility index (Phi) is 3.09. The average Bonchev–Trinajstić information content (AvgIpc) is 2.68. The molecule has 0 saturated heterocycles. The molecule has 3 rings (SSSR count). The number of aryl methyl sites for hydroxylation is 2. The van der Waals surface area contributed by atoms with E-state index in [9.17, 15) is 14.7 Å². The van der Waals surface area contributed by atoms with E-state index in [1.807, 2.05) is 0 Å². The minimum Gasteiger partial charge on any atom is -0.388 e. The van der Waals surface area contributed by atoms with Gasteiger partial charge in [0.2, 0.25) is 0 Å². The third-order valence-electron chi connectivity index (χ3n) is 4.05. The quantitative estimate of drug-likeness (QED) is 0.752. The summed E-state index contributed by atoms with van der Waals surface area (Å²) in [4.78, 5) is 28.6. The number of nitrogens with one attached hydrogen (secondary N) is 2. The molecular formula is C14H18N4O3. The van der Waals surface area contributed by atoms with Crippen molar-refractivity contribution in [2.75, 3.05) is 6.54 Å². The van der Waals surface area contributed by atoms with E-state index in [-0.39, 0.29) is 23.4 Å². The van der Waals surface area contributed by atoms with Crippen LogP contribution in [0.25, 0.3) is 11.0 Å². The Labute approximate surface area is 121 Å². The number of pyridine rings is 1. The third-order valence-corrected chi connectivity index (χ3v) is 4.05. The lowest BCUT2D eigenvalue weighted by Gasteiger charge is -2.36. The maximum absolute atomic E-state index is 12.3. The number of rotatable bonds is 3. The van der Waals surface area contributed by atoms with Crippen molar-refractivity contribution in [2.45, 2.75) is 31.8 Å². The van der Waals surface area contributed by atoms with Crippen LogP contribution in [0.2, 0.25) is 0 Å². The number of aromatic amines is 1. The van der Waals surface area contributed by atoms with E-state index in [2.05, 4.69) is 15.4 Å². The molecule has 1 fully saturated rings. The molecule has 2 aromatic rings. The van der Waals surface area contributed by atoms with Crippen molar-refractivity contribution < 1.29 is 9.90 Å². The topological polar surface area (TPSA) is 100 Å². The zero-order valence-electron chi connectivity index (χ0n) is 12.1. The molecule has 2 aromatic heterocycles. The van der Waals surface area contributed by atoms with Gasteiger partial charge in [0, 0.05) is 19.3 Å². The van der Waals surface area contributed by atoms with E-state index >= 15 is 0 Å². The van der Waals surface area contributed by atoms with Gasteiger partial charge in [0.05, 0.1) is 16.6 Å². The molecule has 0 radical (unpaired) electrons. The average molecular weight is 290 g/mol. The summed E-state index contributed by atoms with van der Waals surface area (Å²) in [5.74, 6) is -0.359. The monoisotopic (exact) mass is 290 g/mol. The molecule has 0 unspecified atom stereocenters. The van der Waals surface area contributed by atoms with Gasteiger partial charge in [-0.2, -0.15) is 0 Å². The number of hydrogen-bond acceptors (Lipinski definition) is 4. The molecule has 21 heavy (non-hydrogen) atoms. The molecule has 7 nitrogen and oxygen atoms in total. The molecule has 0 aromatic carbocycles. The summed E-state index contributed by atoms with van der Waals surface area (Å²) in [5, 5.41) is 15.6. The second-order valence-corrected chi connectivity index (χ2v) is 5.77. The van der Waals surface area contributed by atoms with Crippen LogP contribution in [0.4, 0.5) is 0 Å². The van der Waals surface area contributed by atoms with Crippen LogP contribution in [-0.2, 0) is 7.05 Å². The van der Waals surface area contributed by atoms with Gasteiger partial charge in [-0.15, -0.1) is 0 Å². The normalized spacial score (nSPS) is 16.7. The van der Waals surface area contributed by atoms with E-state index in [1.165, 1.54) is 4.68 Å². The van der Waals surface area contributed by atoms with Crippen LogP contribution in [0.5, 0.6) is 0 Å². The summed E-state index contributed by atoms with van der Waals surface area (Å²) < 4.78 is 1.50. The zero-order chi connectivity index (χ0) is 15.2. The van der Waals surface area contributed by atoms with Crippen molar-refractivity contribution in [3.8, 4) is 0 Å². The Morgan fingerprint density at radius 3 is 2.90 bits per heavy atom. The van der Waals surface area contributed by atoms with Crippen LogP contribution < -0.4 is 10.9 Å². The maximum atomic E-state index is 12.3. The van der Waals surface area contributed by atoms with Gasteiger partial charge >= 0.3 is 0 Å². The Balaban J connectivity index is 1.95. The van der Waals surface area contributed by atoms with Crippen LogP contribution in [-0.4, -0.2) is 37.9 Å². The van der Waals surface area contributed by atoms with Gasteiger partial charge in [-0.05, 0) is 32.3 Å². The summed E-state index contributed by atoms with van der Waals surface area (Å²) in [6.45, 7) is 1.98. The molecule has 1 amide bonds. The number of aromatic nitrogens is 3. The molecule has 0 atom stereocenters. The van der Waals surface area contributed by atoms with Crippen LogP contribution in [0.1, 0.15) is 35.3 Å². The summed E-state index contributed by atoms with van der Waals surface area (Å²) >= 11 is 0. The molecule has 0 bridgehead atoms. The molecule has 3 N–H and O–H groups in total. The fourth-order valence-electron chi connectivity index (χ4n) is 2.67. The second-order valence-electron chi connectivity index (χ2n) is 5.77. The number of carbonyl (C=O) groups excluding carboxylic acids is 1. The summed E-state index contributed by atoms with van der Waals surface area (Å²) in [7, 11) is 1.68. The molecule has 2 heterocycles. The predicted molar refractivity (Wildman–Crippen MR) is 77.2 cm³/mol. The van der Waals surface area contributed by atoms with E-state index in [1.54, 1.807) is 20.0 Å². The molecule has 7 heteroatoms. The number of nitrogens with zero attached hydrogens (tertiary/aromatic N) is 2. The lowest BCUT2D eigenvalue weighted by molar-refractivity contribution is -0.0300. The van der Waals surface area contributed by atoms with Gasteiger partial charge in [-0.1, -0.05) is 0 Å². The minimum atomic E-state index is -0.792. The SMILES string of the molecule is Cc1cc(C(=O)NCC2(O)CCC2)c2c(=O)[nH]n(C)c2n1. The van der Waals surface area contributed by atoms with Crippen LogP contribution in [0.3, 0.4) is 0 Å². The number of amides is 1. The van der Waals surface area contributed by atoms with Crippen molar-refractivity contribution in [1.29, 1.82) is 0 Å². The molecular weight excluding hydrogens is 272 g/mol. The largest absolute Gasteiger partial charge is 0.388 e. The van der Waals surface area contributed by atoms with E-state index in [0.29, 0.717) is 29.7 Å². The molecule has 112 valence electrons. The molecule has 0 spiro atoms. The van der Waals surface area contributed by atoms with Gasteiger partial charge in [0.25, 0.3) is 11.5 Å². The first kappa shape index (κ1) is 13.8. The van der Waals surface area contributed by atoms with Gasteiger partial charge in [0.1, 0.15) is 0 Å². The van der Waals surface area contributed by atoms with Crippen LogP contribution in [0.15, 0.2) is 10.9 Å². The first-order valence-corrected chi connectivity index (χ1v) is 6.97. The third kappa shape index (κ3) is 2.33. The Morgan fingerprint density at radius 1 is 1.57 bits per heavy atom. The number of aliphatic hydroxyl groups is 1. The smallest absolute Gasteiger partial charge is 0.274 e. The first-order chi connectivity index (χ1) is 9.89. The van der Waals surface area contributed by atoms with Crippen LogP contribution in [0, 0.1) is 6.92 Å². The Hall–Kier alpha value is -2.15. The predicted octanol–water partition coefficient (Wildman–Crippen LogP) is 0.215. The number of carbonyl (C=O) groups is 1. The van der Waals surface area contributed by atoms with E-state index in [4.69, 9.17) is 0 Å². The first-order valence-electron chi connectivity index (χ1n) is 6.97. The number of hydrogen-bond donors (Lipinski definition) is 3. The fourth-order valence-corrected chi connectivity index (χ4v) is 2.67. The van der Waals surface area contributed by atoms with E-state index in [0.717, 1.165) is 6.42 Å². The van der Waals surface area contributed by atoms with Crippen molar-refractivity contribution >= 4 is 16.9 Å². The molecule has 0 aliphatic heterocycles. The summed E-state index contributed by atoms with van der Waals surface area (Å²) in [6, 6.07) is 1.59. The molecule has 1 aliphatic carbocycles. The summed E-state index contributed by atoms with van der Waals surface area (Å²) in [5.41, 5.74) is 0.270. The van der Waals surface area contributed by atoms with Crippen molar-refractivity contribution in [3.05, 3.63) is 27.7 Å². The summed E-state index contributed by atoms with van der Waals surface area (Å²) in [6.07, 6.45) is 2.37. The molecule has 1 aliphatic rings. The number of H-pyrrole nitrogens is 1.